The number of halogens is 1. The number of carbonyl (C=O) groups excluding carboxylic acids is 1. The summed E-state index contributed by atoms with van der Waals surface area (Å²) in [5, 5.41) is 20.8. The number of carbonyl (C=O) groups is 1. The van der Waals surface area contributed by atoms with Crippen molar-refractivity contribution in [2.75, 3.05) is 5.32 Å². The summed E-state index contributed by atoms with van der Waals surface area (Å²) < 4.78 is 15.4. The van der Waals surface area contributed by atoms with Crippen molar-refractivity contribution < 1.29 is 9.18 Å². The van der Waals surface area contributed by atoms with Gasteiger partial charge in [0.1, 0.15) is 11.9 Å². The van der Waals surface area contributed by atoms with Crippen LogP contribution < -0.4 is 5.32 Å². The number of hydrogen-bond donors (Lipinski definition) is 1. The Bertz CT molecular complexity index is 1300. The minimum Gasteiger partial charge on any atom is -0.324 e. The molecule has 33 heavy (non-hydrogen) atoms. The highest BCUT2D eigenvalue weighted by atomic mass is 32.2. The Hall–Kier alpha value is -3.96. The van der Waals surface area contributed by atoms with Crippen molar-refractivity contribution in [3.8, 4) is 17.5 Å². The van der Waals surface area contributed by atoms with E-state index in [1.54, 1.807) is 43.3 Å². The lowest BCUT2D eigenvalue weighted by Gasteiger charge is -2.14. The summed E-state index contributed by atoms with van der Waals surface area (Å²) in [6.45, 7) is 2.27. The summed E-state index contributed by atoms with van der Waals surface area (Å²) in [7, 11) is 0. The molecule has 0 spiro atoms. The number of para-hydroxylation sites is 1. The number of thioether (sulfide) groups is 1. The van der Waals surface area contributed by atoms with Crippen LogP contribution in [0.4, 0.5) is 10.1 Å². The molecular formula is C25H20FN5OS. The molecule has 1 heterocycles. The summed E-state index contributed by atoms with van der Waals surface area (Å²) >= 11 is 1.27. The van der Waals surface area contributed by atoms with Crippen molar-refractivity contribution in [2.24, 2.45) is 0 Å². The first-order valence-electron chi connectivity index (χ1n) is 10.2. The first kappa shape index (κ1) is 22.2. The van der Waals surface area contributed by atoms with Crippen LogP contribution in [0.2, 0.25) is 0 Å². The topological polar surface area (TPSA) is 83.6 Å². The molecule has 1 N–H and O–H groups in total. The minimum absolute atomic E-state index is 0.250. The van der Waals surface area contributed by atoms with Gasteiger partial charge < -0.3 is 5.32 Å². The Kier molecular flexibility index (Phi) is 6.81. The standard InChI is InChI=1S/C25H20FN5OS/c1-17(24(32)28-22-10-6-5-9-20(22)15-27)33-25-30-29-23(19-11-13-21(26)14-12-19)31(25)16-18-7-3-2-4-8-18/h2-14,17H,16H2,1H3,(H,28,32). The number of aromatic nitrogens is 3. The molecule has 3 aromatic carbocycles. The predicted octanol–water partition coefficient (Wildman–Crippen LogP) is 5.12. The maximum atomic E-state index is 13.4. The normalized spacial score (nSPS) is 11.5. The number of anilines is 1. The Morgan fingerprint density at radius 1 is 1.06 bits per heavy atom. The highest BCUT2D eigenvalue weighted by Crippen LogP contribution is 2.29. The quantitative estimate of drug-likeness (QED) is 0.389. The first-order chi connectivity index (χ1) is 16.0. The maximum Gasteiger partial charge on any atom is 0.237 e. The number of nitrogens with one attached hydrogen (secondary N) is 1. The molecule has 4 aromatic rings. The van der Waals surface area contributed by atoms with E-state index >= 15 is 0 Å². The van der Waals surface area contributed by atoms with Crippen molar-refractivity contribution in [1.82, 2.24) is 14.8 Å². The molecule has 0 radical (unpaired) electrons. The molecule has 1 aromatic heterocycles. The lowest BCUT2D eigenvalue weighted by atomic mass is 10.2. The SMILES string of the molecule is CC(Sc1nnc(-c2ccc(F)cc2)n1Cc1ccccc1)C(=O)Nc1ccccc1C#N. The van der Waals surface area contributed by atoms with Gasteiger partial charge in [-0.3, -0.25) is 9.36 Å². The molecule has 164 valence electrons. The molecule has 0 fully saturated rings. The second kappa shape index (κ2) is 10.1. The van der Waals surface area contributed by atoms with E-state index in [-0.39, 0.29) is 11.7 Å². The van der Waals surface area contributed by atoms with Crippen LogP contribution in [0.1, 0.15) is 18.1 Å². The zero-order valence-corrected chi connectivity index (χ0v) is 18.6. The molecule has 0 aliphatic heterocycles. The van der Waals surface area contributed by atoms with Crippen LogP contribution in [-0.4, -0.2) is 25.9 Å². The summed E-state index contributed by atoms with van der Waals surface area (Å²) in [6, 6.07) is 24.8. The second-order valence-corrected chi connectivity index (χ2v) is 8.60. The van der Waals surface area contributed by atoms with E-state index in [0.29, 0.717) is 28.8 Å². The Morgan fingerprint density at radius 3 is 2.48 bits per heavy atom. The van der Waals surface area contributed by atoms with Crippen LogP contribution in [0.3, 0.4) is 0 Å². The fourth-order valence-corrected chi connectivity index (χ4v) is 4.08. The van der Waals surface area contributed by atoms with Crippen LogP contribution in [0.5, 0.6) is 0 Å². The number of nitrogens with zero attached hydrogens (tertiary/aromatic N) is 4. The van der Waals surface area contributed by atoms with Crippen LogP contribution in [0.25, 0.3) is 11.4 Å². The number of benzene rings is 3. The number of rotatable bonds is 7. The van der Waals surface area contributed by atoms with Gasteiger partial charge in [-0.05, 0) is 48.9 Å². The van der Waals surface area contributed by atoms with E-state index < -0.39 is 5.25 Å². The fraction of sp³-hybridized carbons (Fsp3) is 0.120. The first-order valence-corrected chi connectivity index (χ1v) is 11.1. The molecule has 0 aliphatic rings. The van der Waals surface area contributed by atoms with Gasteiger partial charge >= 0.3 is 0 Å². The summed E-state index contributed by atoms with van der Waals surface area (Å²) in [4.78, 5) is 12.8. The lowest BCUT2D eigenvalue weighted by molar-refractivity contribution is -0.115. The minimum atomic E-state index is -0.503. The Balaban J connectivity index is 1.60. The van der Waals surface area contributed by atoms with Crippen molar-refractivity contribution in [3.63, 3.8) is 0 Å². The number of nitriles is 1. The lowest BCUT2D eigenvalue weighted by Crippen LogP contribution is -2.23. The fourth-order valence-electron chi connectivity index (χ4n) is 3.23. The van der Waals surface area contributed by atoms with Crippen molar-refractivity contribution in [1.29, 1.82) is 5.26 Å². The van der Waals surface area contributed by atoms with E-state index in [1.807, 2.05) is 34.9 Å². The second-order valence-electron chi connectivity index (χ2n) is 7.29. The Labute approximate surface area is 195 Å². The van der Waals surface area contributed by atoms with E-state index in [9.17, 15) is 14.4 Å². The van der Waals surface area contributed by atoms with Gasteiger partial charge in [0.15, 0.2) is 11.0 Å². The average molecular weight is 458 g/mol. The van der Waals surface area contributed by atoms with E-state index in [1.165, 1.54) is 23.9 Å². The summed E-state index contributed by atoms with van der Waals surface area (Å²) in [6.07, 6.45) is 0. The highest BCUT2D eigenvalue weighted by molar-refractivity contribution is 8.00. The molecule has 6 nitrogen and oxygen atoms in total. The molecule has 4 rings (SSSR count). The zero-order chi connectivity index (χ0) is 23.2. The van der Waals surface area contributed by atoms with Crippen LogP contribution >= 0.6 is 11.8 Å². The molecule has 0 saturated carbocycles. The van der Waals surface area contributed by atoms with Crippen LogP contribution in [0.15, 0.2) is 84.0 Å². The molecule has 0 bridgehead atoms. The van der Waals surface area contributed by atoms with Gasteiger partial charge in [-0.15, -0.1) is 10.2 Å². The molecule has 8 heteroatoms. The van der Waals surface area contributed by atoms with E-state index in [2.05, 4.69) is 21.6 Å². The van der Waals surface area contributed by atoms with Gasteiger partial charge in [-0.25, -0.2) is 4.39 Å². The number of hydrogen-bond acceptors (Lipinski definition) is 5. The molecule has 0 saturated heterocycles. The smallest absolute Gasteiger partial charge is 0.237 e. The van der Waals surface area contributed by atoms with Gasteiger partial charge in [0.05, 0.1) is 23.0 Å². The third kappa shape index (κ3) is 5.27. The van der Waals surface area contributed by atoms with Gasteiger partial charge in [0.2, 0.25) is 5.91 Å². The Morgan fingerprint density at radius 2 is 1.76 bits per heavy atom. The van der Waals surface area contributed by atoms with Gasteiger partial charge in [-0.1, -0.05) is 54.2 Å². The summed E-state index contributed by atoms with van der Waals surface area (Å²) in [5.74, 6) is 0.00879. The molecular weight excluding hydrogens is 437 g/mol. The average Bonchev–Trinajstić information content (AvgIpc) is 3.22. The molecule has 1 amide bonds. The van der Waals surface area contributed by atoms with Gasteiger partial charge in [0, 0.05) is 5.56 Å². The van der Waals surface area contributed by atoms with Crippen molar-refractivity contribution in [2.45, 2.75) is 23.9 Å². The largest absolute Gasteiger partial charge is 0.324 e. The van der Waals surface area contributed by atoms with Crippen LogP contribution in [-0.2, 0) is 11.3 Å². The van der Waals surface area contributed by atoms with E-state index in [4.69, 9.17) is 0 Å². The predicted molar refractivity (Wildman–Crippen MR) is 126 cm³/mol. The van der Waals surface area contributed by atoms with E-state index in [0.717, 1.165) is 11.1 Å². The maximum absolute atomic E-state index is 13.4. The zero-order valence-electron chi connectivity index (χ0n) is 17.8. The van der Waals surface area contributed by atoms with Gasteiger partial charge in [-0.2, -0.15) is 5.26 Å². The number of amides is 1. The molecule has 1 unspecified atom stereocenters. The third-order valence-electron chi connectivity index (χ3n) is 4.96. The molecule has 1 atom stereocenters. The highest BCUT2D eigenvalue weighted by Gasteiger charge is 2.22. The van der Waals surface area contributed by atoms with Gasteiger partial charge in [0.25, 0.3) is 0 Å². The summed E-state index contributed by atoms with van der Waals surface area (Å²) in [5.41, 5.74) is 2.64. The van der Waals surface area contributed by atoms with Crippen LogP contribution in [0, 0.1) is 17.1 Å². The van der Waals surface area contributed by atoms with Crippen molar-refractivity contribution >= 4 is 23.4 Å². The van der Waals surface area contributed by atoms with Crippen molar-refractivity contribution in [3.05, 3.63) is 95.8 Å². The monoisotopic (exact) mass is 457 g/mol. The third-order valence-corrected chi connectivity index (χ3v) is 6.04. The molecule has 0 aliphatic carbocycles.